The molecule has 3 rings (SSSR count). The Morgan fingerprint density at radius 3 is 3.17 bits per heavy atom. The molecule has 1 unspecified atom stereocenters. The monoisotopic (exact) mass is 245 g/mol. The van der Waals surface area contributed by atoms with E-state index < -0.39 is 0 Å². The molecule has 0 spiro atoms. The van der Waals surface area contributed by atoms with E-state index in [1.807, 2.05) is 10.7 Å². The Kier molecular flexibility index (Phi) is 2.86. The molecular formula is C14H16FN3. The molecule has 0 radical (unpaired) electrons. The lowest BCUT2D eigenvalue weighted by Crippen LogP contribution is -2.18. The minimum Gasteiger partial charge on any atom is -0.250 e. The zero-order valence-electron chi connectivity index (χ0n) is 10.4. The average Bonchev–Trinajstić information content (AvgIpc) is 2.70. The number of halogens is 1. The molecule has 1 aliphatic rings. The van der Waals surface area contributed by atoms with Gasteiger partial charge in [0.1, 0.15) is 11.6 Å². The van der Waals surface area contributed by atoms with Crippen LogP contribution in [0.2, 0.25) is 0 Å². The van der Waals surface area contributed by atoms with Gasteiger partial charge in [0.15, 0.2) is 5.82 Å². The minimum atomic E-state index is -0.204. The Hall–Kier alpha value is -1.71. The minimum absolute atomic E-state index is 0.204. The smallest absolute Gasteiger partial charge is 0.155 e. The van der Waals surface area contributed by atoms with Crippen LogP contribution in [0.5, 0.6) is 0 Å². The van der Waals surface area contributed by atoms with Gasteiger partial charge in [-0.2, -0.15) is 5.10 Å². The largest absolute Gasteiger partial charge is 0.250 e. The molecule has 0 fully saturated rings. The molecule has 1 atom stereocenters. The van der Waals surface area contributed by atoms with Crippen LogP contribution in [-0.2, 0) is 19.4 Å². The fourth-order valence-electron chi connectivity index (χ4n) is 2.42. The van der Waals surface area contributed by atoms with Gasteiger partial charge in [-0.1, -0.05) is 19.1 Å². The molecule has 0 aliphatic carbocycles. The lowest BCUT2D eigenvalue weighted by molar-refractivity contribution is 0.367. The Morgan fingerprint density at radius 2 is 2.33 bits per heavy atom. The van der Waals surface area contributed by atoms with Gasteiger partial charge in [0.05, 0.1) is 0 Å². The second kappa shape index (κ2) is 4.52. The molecule has 4 heteroatoms. The number of nitrogens with zero attached hydrogens (tertiary/aromatic N) is 3. The zero-order valence-corrected chi connectivity index (χ0v) is 10.4. The summed E-state index contributed by atoms with van der Waals surface area (Å²) in [5.74, 6) is 2.33. The van der Waals surface area contributed by atoms with Crippen molar-refractivity contribution in [3.63, 3.8) is 0 Å². The summed E-state index contributed by atoms with van der Waals surface area (Å²) >= 11 is 0. The van der Waals surface area contributed by atoms with Crippen molar-refractivity contribution in [2.75, 3.05) is 0 Å². The molecule has 3 nitrogen and oxygen atoms in total. The summed E-state index contributed by atoms with van der Waals surface area (Å²) in [6, 6.07) is 6.63. The van der Waals surface area contributed by atoms with Gasteiger partial charge in [-0.15, -0.1) is 0 Å². The van der Waals surface area contributed by atoms with E-state index in [1.54, 1.807) is 12.1 Å². The van der Waals surface area contributed by atoms with Gasteiger partial charge in [0.25, 0.3) is 0 Å². The predicted octanol–water partition coefficient (Wildman–Crippen LogP) is 2.59. The lowest BCUT2D eigenvalue weighted by atomic mass is 10.0. The van der Waals surface area contributed by atoms with Crippen molar-refractivity contribution in [1.29, 1.82) is 0 Å². The molecule has 0 saturated carbocycles. The molecule has 0 N–H and O–H groups in total. The van der Waals surface area contributed by atoms with Crippen molar-refractivity contribution in [3.05, 3.63) is 47.3 Å². The third kappa shape index (κ3) is 2.28. The van der Waals surface area contributed by atoms with Crippen LogP contribution in [0.1, 0.15) is 30.6 Å². The van der Waals surface area contributed by atoms with E-state index in [2.05, 4.69) is 17.0 Å². The van der Waals surface area contributed by atoms with Crippen molar-refractivity contribution >= 4 is 0 Å². The number of hydrogen-bond acceptors (Lipinski definition) is 2. The highest BCUT2D eigenvalue weighted by Crippen LogP contribution is 2.18. The number of hydrogen-bond donors (Lipinski definition) is 0. The maximum atomic E-state index is 13.1. The first-order valence-corrected chi connectivity index (χ1v) is 6.38. The lowest BCUT2D eigenvalue weighted by Gasteiger charge is -2.17. The summed E-state index contributed by atoms with van der Waals surface area (Å²) in [5, 5.41) is 4.51. The van der Waals surface area contributed by atoms with Crippen LogP contribution >= 0.6 is 0 Å². The van der Waals surface area contributed by atoms with Crippen LogP contribution in [0.15, 0.2) is 24.3 Å². The molecule has 1 aromatic carbocycles. The van der Waals surface area contributed by atoms with Crippen LogP contribution in [0.3, 0.4) is 0 Å². The van der Waals surface area contributed by atoms with Gasteiger partial charge in [-0.25, -0.2) is 14.1 Å². The van der Waals surface area contributed by atoms with Crippen molar-refractivity contribution in [2.24, 2.45) is 5.92 Å². The average molecular weight is 245 g/mol. The first kappa shape index (κ1) is 11.4. The molecule has 1 aromatic heterocycles. The third-order valence-electron chi connectivity index (χ3n) is 3.39. The van der Waals surface area contributed by atoms with E-state index in [4.69, 9.17) is 0 Å². The maximum absolute atomic E-state index is 13.1. The summed E-state index contributed by atoms with van der Waals surface area (Å²) in [6.45, 7) is 3.18. The van der Waals surface area contributed by atoms with E-state index in [1.165, 1.54) is 12.5 Å². The summed E-state index contributed by atoms with van der Waals surface area (Å²) in [5.41, 5.74) is 0.922. The van der Waals surface area contributed by atoms with Crippen LogP contribution in [0.4, 0.5) is 4.39 Å². The number of aryl methyl sites for hydroxylation is 1. The highest BCUT2D eigenvalue weighted by Gasteiger charge is 2.18. The summed E-state index contributed by atoms with van der Waals surface area (Å²) in [6.07, 6.45) is 2.78. The van der Waals surface area contributed by atoms with Gasteiger partial charge in [0.2, 0.25) is 0 Å². The van der Waals surface area contributed by atoms with Crippen molar-refractivity contribution in [2.45, 2.75) is 32.7 Å². The van der Waals surface area contributed by atoms with E-state index >= 15 is 0 Å². The number of rotatable bonds is 2. The highest BCUT2D eigenvalue weighted by molar-refractivity contribution is 5.20. The number of aromatic nitrogens is 3. The van der Waals surface area contributed by atoms with Crippen molar-refractivity contribution in [3.8, 4) is 0 Å². The second-order valence-electron chi connectivity index (χ2n) is 5.08. The van der Waals surface area contributed by atoms with Crippen molar-refractivity contribution in [1.82, 2.24) is 14.8 Å². The zero-order chi connectivity index (χ0) is 12.5. The summed E-state index contributed by atoms with van der Waals surface area (Å²) in [7, 11) is 0. The summed E-state index contributed by atoms with van der Waals surface area (Å²) in [4.78, 5) is 4.54. The third-order valence-corrected chi connectivity index (χ3v) is 3.39. The number of benzene rings is 1. The molecule has 0 saturated heterocycles. The molecule has 1 aliphatic heterocycles. The molecule has 18 heavy (non-hydrogen) atoms. The predicted molar refractivity (Wildman–Crippen MR) is 66.7 cm³/mol. The van der Waals surface area contributed by atoms with E-state index in [0.29, 0.717) is 12.3 Å². The Balaban J connectivity index is 1.82. The molecule has 94 valence electrons. The van der Waals surface area contributed by atoms with E-state index in [9.17, 15) is 4.39 Å². The Morgan fingerprint density at radius 1 is 1.44 bits per heavy atom. The van der Waals surface area contributed by atoms with E-state index in [-0.39, 0.29) is 5.82 Å². The van der Waals surface area contributed by atoms with Crippen molar-refractivity contribution < 1.29 is 4.39 Å². The van der Waals surface area contributed by atoms with Gasteiger partial charge in [-0.05, 0) is 30.0 Å². The molecular weight excluding hydrogens is 229 g/mol. The Labute approximate surface area is 106 Å². The topological polar surface area (TPSA) is 30.7 Å². The second-order valence-corrected chi connectivity index (χ2v) is 5.08. The first-order valence-electron chi connectivity index (χ1n) is 6.38. The van der Waals surface area contributed by atoms with Crippen LogP contribution in [0, 0.1) is 11.7 Å². The molecule has 0 bridgehead atoms. The fourth-order valence-corrected chi connectivity index (χ4v) is 2.42. The highest BCUT2D eigenvalue weighted by atomic mass is 19.1. The number of fused-ring (bicyclic) bond motifs is 1. The van der Waals surface area contributed by atoms with E-state index in [0.717, 1.165) is 30.2 Å². The normalized spacial score (nSPS) is 18.7. The maximum Gasteiger partial charge on any atom is 0.155 e. The van der Waals surface area contributed by atoms with Crippen LogP contribution < -0.4 is 0 Å². The molecule has 2 aromatic rings. The summed E-state index contributed by atoms with van der Waals surface area (Å²) < 4.78 is 15.1. The SMILES string of the molecule is CC1CCc2nc(Cc3cccc(F)c3)nn2C1. The van der Waals surface area contributed by atoms with Gasteiger partial charge < -0.3 is 0 Å². The standard InChI is InChI=1S/C14H16FN3/c1-10-5-6-14-16-13(17-18(14)9-10)8-11-3-2-4-12(15)7-11/h2-4,7,10H,5-6,8-9H2,1H3. The van der Waals surface area contributed by atoms with Gasteiger partial charge >= 0.3 is 0 Å². The molecule has 0 amide bonds. The van der Waals surface area contributed by atoms with Crippen LogP contribution in [-0.4, -0.2) is 14.8 Å². The first-order chi connectivity index (χ1) is 8.70. The van der Waals surface area contributed by atoms with Gasteiger partial charge in [0, 0.05) is 19.4 Å². The van der Waals surface area contributed by atoms with Crippen LogP contribution in [0.25, 0.3) is 0 Å². The Bertz CT molecular complexity index is 562. The fraction of sp³-hybridized carbons (Fsp3) is 0.429. The quantitative estimate of drug-likeness (QED) is 0.814. The molecule has 2 heterocycles. The van der Waals surface area contributed by atoms with Gasteiger partial charge in [-0.3, -0.25) is 0 Å².